The number of guanidine groups is 1. The molecule has 0 spiro atoms. The zero-order valence-electron chi connectivity index (χ0n) is 19.5. The summed E-state index contributed by atoms with van der Waals surface area (Å²) in [7, 11) is 1.90. The Balaban J connectivity index is 1.21. The standard InChI is InChI=1S/C25H41N5O/c1-21-9-8-14-28(17-21)13-7-6-12-27-25(26-2)30-19-23-24(20-30)31-16-15-29(23)18-22-10-4-3-5-11-22/h3-5,10-11,21,23-24H,6-9,12-20H2,1-2H3,(H,26,27). The van der Waals surface area contributed by atoms with Crippen LogP contribution in [0.5, 0.6) is 0 Å². The number of fused-ring (bicyclic) bond motifs is 1. The van der Waals surface area contributed by atoms with Crippen LogP contribution in [0.2, 0.25) is 0 Å². The Hall–Kier alpha value is -1.63. The zero-order valence-corrected chi connectivity index (χ0v) is 19.5. The molecule has 6 nitrogen and oxygen atoms in total. The predicted molar refractivity (Wildman–Crippen MR) is 127 cm³/mol. The number of ether oxygens (including phenoxy) is 1. The summed E-state index contributed by atoms with van der Waals surface area (Å²) in [5.41, 5.74) is 1.38. The summed E-state index contributed by atoms with van der Waals surface area (Å²) in [6.45, 7) is 11.9. The number of rotatable bonds is 7. The molecule has 3 saturated heterocycles. The number of morpholine rings is 1. The Morgan fingerprint density at radius 1 is 1.13 bits per heavy atom. The molecule has 4 rings (SSSR count). The molecule has 3 atom stereocenters. The van der Waals surface area contributed by atoms with Crippen molar-refractivity contribution in [1.82, 2.24) is 20.0 Å². The van der Waals surface area contributed by atoms with E-state index in [-0.39, 0.29) is 6.10 Å². The number of nitrogens with one attached hydrogen (secondary N) is 1. The van der Waals surface area contributed by atoms with E-state index >= 15 is 0 Å². The van der Waals surface area contributed by atoms with E-state index in [1.54, 1.807) is 0 Å². The lowest BCUT2D eigenvalue weighted by Crippen LogP contribution is -2.50. The van der Waals surface area contributed by atoms with Crippen molar-refractivity contribution in [3.05, 3.63) is 35.9 Å². The van der Waals surface area contributed by atoms with E-state index in [0.717, 1.165) is 51.2 Å². The topological polar surface area (TPSA) is 43.3 Å². The highest BCUT2D eigenvalue weighted by Crippen LogP contribution is 2.24. The second-order valence-electron chi connectivity index (χ2n) is 9.57. The van der Waals surface area contributed by atoms with Crippen LogP contribution in [0.3, 0.4) is 0 Å². The summed E-state index contributed by atoms with van der Waals surface area (Å²) in [5.74, 6) is 1.90. The first-order valence-corrected chi connectivity index (χ1v) is 12.3. The van der Waals surface area contributed by atoms with Crippen molar-refractivity contribution in [2.45, 2.75) is 51.3 Å². The van der Waals surface area contributed by atoms with Gasteiger partial charge in [0, 0.05) is 46.3 Å². The third kappa shape index (κ3) is 6.21. The minimum Gasteiger partial charge on any atom is -0.373 e. The van der Waals surface area contributed by atoms with Gasteiger partial charge < -0.3 is 19.9 Å². The first-order valence-electron chi connectivity index (χ1n) is 12.3. The van der Waals surface area contributed by atoms with Crippen LogP contribution in [0.4, 0.5) is 0 Å². The molecule has 0 amide bonds. The summed E-state index contributed by atoms with van der Waals surface area (Å²) in [6.07, 6.45) is 5.50. The van der Waals surface area contributed by atoms with Gasteiger partial charge in [-0.3, -0.25) is 9.89 Å². The van der Waals surface area contributed by atoms with Gasteiger partial charge in [-0.25, -0.2) is 0 Å². The highest BCUT2D eigenvalue weighted by Gasteiger charge is 2.41. The first kappa shape index (κ1) is 22.6. The number of aliphatic imine (C=N–C) groups is 1. The van der Waals surface area contributed by atoms with Gasteiger partial charge in [-0.1, -0.05) is 37.3 Å². The SMILES string of the molecule is CN=C(NCCCCN1CCCC(C)C1)N1CC2OCCN(Cc3ccccc3)C2C1. The molecule has 1 aromatic rings. The number of nitrogens with zero attached hydrogens (tertiary/aromatic N) is 4. The first-order chi connectivity index (χ1) is 15.2. The number of piperidine rings is 1. The maximum Gasteiger partial charge on any atom is 0.193 e. The van der Waals surface area contributed by atoms with Crippen LogP contribution in [0, 0.1) is 5.92 Å². The monoisotopic (exact) mass is 427 g/mol. The Kier molecular flexibility index (Phi) is 8.22. The second-order valence-corrected chi connectivity index (χ2v) is 9.57. The average Bonchev–Trinajstić information content (AvgIpc) is 3.22. The van der Waals surface area contributed by atoms with Gasteiger partial charge in [0.25, 0.3) is 0 Å². The Morgan fingerprint density at radius 2 is 2.00 bits per heavy atom. The molecule has 3 aliphatic rings. The maximum absolute atomic E-state index is 6.14. The molecule has 172 valence electrons. The third-order valence-corrected chi connectivity index (χ3v) is 7.08. The molecule has 3 unspecified atom stereocenters. The Bertz CT molecular complexity index is 696. The van der Waals surface area contributed by atoms with Gasteiger partial charge in [0.05, 0.1) is 18.8 Å². The van der Waals surface area contributed by atoms with Gasteiger partial charge in [-0.05, 0) is 50.3 Å². The Labute approximate surface area is 188 Å². The fourth-order valence-corrected chi connectivity index (χ4v) is 5.43. The number of benzene rings is 1. The van der Waals surface area contributed by atoms with E-state index in [1.807, 2.05) is 7.05 Å². The van der Waals surface area contributed by atoms with Gasteiger partial charge in [-0.15, -0.1) is 0 Å². The van der Waals surface area contributed by atoms with Gasteiger partial charge in [0.2, 0.25) is 0 Å². The fourth-order valence-electron chi connectivity index (χ4n) is 5.43. The van der Waals surface area contributed by atoms with Crippen LogP contribution in [-0.2, 0) is 11.3 Å². The molecular weight excluding hydrogens is 386 g/mol. The average molecular weight is 428 g/mol. The highest BCUT2D eigenvalue weighted by atomic mass is 16.5. The van der Waals surface area contributed by atoms with Crippen LogP contribution in [0.15, 0.2) is 35.3 Å². The number of unbranched alkanes of at least 4 members (excludes halogenated alkanes) is 1. The quantitative estimate of drug-likeness (QED) is 0.412. The number of hydrogen-bond acceptors (Lipinski definition) is 4. The second kappa shape index (κ2) is 11.3. The van der Waals surface area contributed by atoms with E-state index < -0.39 is 0 Å². The third-order valence-electron chi connectivity index (χ3n) is 7.08. The number of hydrogen-bond donors (Lipinski definition) is 1. The molecule has 3 fully saturated rings. The summed E-state index contributed by atoms with van der Waals surface area (Å²) in [4.78, 5) is 12.2. The molecule has 0 saturated carbocycles. The molecule has 3 heterocycles. The lowest BCUT2D eigenvalue weighted by molar-refractivity contribution is -0.0502. The lowest BCUT2D eigenvalue weighted by Gasteiger charge is -2.36. The maximum atomic E-state index is 6.14. The van der Waals surface area contributed by atoms with Gasteiger partial charge in [-0.2, -0.15) is 0 Å². The van der Waals surface area contributed by atoms with Crippen LogP contribution in [0.1, 0.15) is 38.2 Å². The molecule has 0 aromatic heterocycles. The summed E-state index contributed by atoms with van der Waals surface area (Å²) >= 11 is 0. The highest BCUT2D eigenvalue weighted by molar-refractivity contribution is 5.80. The van der Waals surface area contributed by atoms with E-state index in [0.29, 0.717) is 6.04 Å². The summed E-state index contributed by atoms with van der Waals surface area (Å²) < 4.78 is 6.14. The van der Waals surface area contributed by atoms with Crippen LogP contribution in [-0.4, -0.2) is 92.3 Å². The minimum atomic E-state index is 0.275. The molecule has 0 radical (unpaired) electrons. The molecule has 3 aliphatic heterocycles. The van der Waals surface area contributed by atoms with Crippen molar-refractivity contribution in [3.63, 3.8) is 0 Å². The lowest BCUT2D eigenvalue weighted by atomic mass is 10.0. The zero-order chi connectivity index (χ0) is 21.5. The van der Waals surface area contributed by atoms with E-state index in [1.165, 1.54) is 50.9 Å². The molecular formula is C25H41N5O. The van der Waals surface area contributed by atoms with Gasteiger partial charge >= 0.3 is 0 Å². The van der Waals surface area contributed by atoms with Crippen molar-refractivity contribution in [2.75, 3.05) is 59.5 Å². The predicted octanol–water partition coefficient (Wildman–Crippen LogP) is 2.66. The Morgan fingerprint density at radius 3 is 2.81 bits per heavy atom. The van der Waals surface area contributed by atoms with E-state index in [2.05, 4.69) is 62.3 Å². The van der Waals surface area contributed by atoms with Crippen molar-refractivity contribution in [3.8, 4) is 0 Å². The molecule has 31 heavy (non-hydrogen) atoms. The van der Waals surface area contributed by atoms with Crippen molar-refractivity contribution in [1.29, 1.82) is 0 Å². The van der Waals surface area contributed by atoms with Crippen LogP contribution in [0.25, 0.3) is 0 Å². The van der Waals surface area contributed by atoms with E-state index in [4.69, 9.17) is 4.74 Å². The van der Waals surface area contributed by atoms with E-state index in [9.17, 15) is 0 Å². The van der Waals surface area contributed by atoms with Crippen LogP contribution < -0.4 is 5.32 Å². The molecule has 1 N–H and O–H groups in total. The van der Waals surface area contributed by atoms with Crippen molar-refractivity contribution >= 4 is 5.96 Å². The normalized spacial score (nSPS) is 28.0. The van der Waals surface area contributed by atoms with Crippen molar-refractivity contribution < 1.29 is 4.74 Å². The smallest absolute Gasteiger partial charge is 0.193 e. The summed E-state index contributed by atoms with van der Waals surface area (Å²) in [5, 5.41) is 3.62. The van der Waals surface area contributed by atoms with Gasteiger partial charge in [0.15, 0.2) is 5.96 Å². The molecule has 6 heteroatoms. The number of likely N-dealkylation sites (tertiary alicyclic amines) is 2. The van der Waals surface area contributed by atoms with Gasteiger partial charge in [0.1, 0.15) is 0 Å². The summed E-state index contributed by atoms with van der Waals surface area (Å²) in [6, 6.07) is 11.2. The van der Waals surface area contributed by atoms with Crippen molar-refractivity contribution in [2.24, 2.45) is 10.9 Å². The molecule has 0 aliphatic carbocycles. The van der Waals surface area contributed by atoms with Crippen LogP contribution >= 0.6 is 0 Å². The molecule has 0 bridgehead atoms. The fraction of sp³-hybridized carbons (Fsp3) is 0.720. The largest absolute Gasteiger partial charge is 0.373 e. The molecule has 1 aromatic carbocycles. The minimum absolute atomic E-state index is 0.275.